The van der Waals surface area contributed by atoms with Gasteiger partial charge in [0.1, 0.15) is 0 Å². The number of alkyl halides is 3. The highest BCUT2D eigenvalue weighted by atomic mass is 19.4. The van der Waals surface area contributed by atoms with Gasteiger partial charge >= 0.3 is 6.18 Å². The second-order valence-electron chi connectivity index (χ2n) is 6.30. The zero-order valence-electron chi connectivity index (χ0n) is 12.4. The van der Waals surface area contributed by atoms with Gasteiger partial charge in [0, 0.05) is 11.5 Å². The SMILES string of the molecule is CC(C)C1CCC(C(=O)c2cccc(C(F)(F)F)c2)CC1. The van der Waals surface area contributed by atoms with Gasteiger partial charge in [-0.15, -0.1) is 0 Å². The molecule has 0 saturated heterocycles. The van der Waals surface area contributed by atoms with Gasteiger partial charge in [0.15, 0.2) is 5.78 Å². The predicted octanol–water partition coefficient (Wildman–Crippen LogP) is 5.35. The molecule has 1 nitrogen and oxygen atoms in total. The van der Waals surface area contributed by atoms with Gasteiger partial charge in [-0.3, -0.25) is 4.79 Å². The summed E-state index contributed by atoms with van der Waals surface area (Å²) in [5.41, 5.74) is -0.554. The van der Waals surface area contributed by atoms with Crippen LogP contribution in [0.4, 0.5) is 13.2 Å². The zero-order chi connectivity index (χ0) is 15.6. The van der Waals surface area contributed by atoms with E-state index >= 15 is 0 Å². The van der Waals surface area contributed by atoms with E-state index < -0.39 is 11.7 Å². The molecule has 0 atom stereocenters. The van der Waals surface area contributed by atoms with Crippen molar-refractivity contribution in [3.05, 3.63) is 35.4 Å². The molecule has 0 unspecified atom stereocenters. The molecule has 1 aliphatic rings. The van der Waals surface area contributed by atoms with Crippen molar-refractivity contribution in [1.29, 1.82) is 0 Å². The van der Waals surface area contributed by atoms with Crippen molar-refractivity contribution in [2.45, 2.75) is 45.7 Å². The maximum Gasteiger partial charge on any atom is 0.416 e. The predicted molar refractivity (Wildman–Crippen MR) is 76.1 cm³/mol. The summed E-state index contributed by atoms with van der Waals surface area (Å²) in [5, 5.41) is 0. The Kier molecular flexibility index (Phi) is 4.74. The number of rotatable bonds is 3. The molecule has 0 radical (unpaired) electrons. The first-order chi connectivity index (χ1) is 9.79. The Morgan fingerprint density at radius 2 is 1.76 bits per heavy atom. The lowest BCUT2D eigenvalue weighted by molar-refractivity contribution is -0.137. The maximum atomic E-state index is 12.7. The van der Waals surface area contributed by atoms with Crippen LogP contribution in [0, 0.1) is 17.8 Å². The van der Waals surface area contributed by atoms with Crippen LogP contribution in [0.5, 0.6) is 0 Å². The van der Waals surface area contributed by atoms with E-state index in [1.807, 2.05) is 0 Å². The largest absolute Gasteiger partial charge is 0.416 e. The van der Waals surface area contributed by atoms with E-state index in [-0.39, 0.29) is 17.3 Å². The van der Waals surface area contributed by atoms with Gasteiger partial charge in [-0.2, -0.15) is 13.2 Å². The van der Waals surface area contributed by atoms with E-state index in [0.717, 1.165) is 37.8 Å². The summed E-state index contributed by atoms with van der Waals surface area (Å²) in [5.74, 6) is 0.983. The molecular weight excluding hydrogens is 277 g/mol. The Labute approximate surface area is 123 Å². The zero-order valence-corrected chi connectivity index (χ0v) is 12.4. The monoisotopic (exact) mass is 298 g/mol. The minimum absolute atomic E-state index is 0.122. The first-order valence-corrected chi connectivity index (χ1v) is 7.50. The van der Waals surface area contributed by atoms with Crippen LogP contribution in [-0.2, 0) is 6.18 Å². The molecule has 0 spiro atoms. The minimum Gasteiger partial charge on any atom is -0.294 e. The first kappa shape index (κ1) is 16.1. The number of carbonyl (C=O) groups is 1. The first-order valence-electron chi connectivity index (χ1n) is 7.50. The fourth-order valence-corrected chi connectivity index (χ4v) is 3.13. The molecule has 1 aliphatic carbocycles. The fourth-order valence-electron chi connectivity index (χ4n) is 3.13. The van der Waals surface area contributed by atoms with Gasteiger partial charge < -0.3 is 0 Å². The highest BCUT2D eigenvalue weighted by molar-refractivity contribution is 5.98. The quantitative estimate of drug-likeness (QED) is 0.687. The third-order valence-electron chi connectivity index (χ3n) is 4.56. The van der Waals surface area contributed by atoms with Crippen molar-refractivity contribution in [3.63, 3.8) is 0 Å². The van der Waals surface area contributed by atoms with Gasteiger partial charge in [-0.25, -0.2) is 0 Å². The van der Waals surface area contributed by atoms with Crippen LogP contribution in [-0.4, -0.2) is 5.78 Å². The highest BCUT2D eigenvalue weighted by Gasteiger charge is 2.32. The lowest BCUT2D eigenvalue weighted by atomic mass is 9.75. The van der Waals surface area contributed by atoms with Crippen LogP contribution < -0.4 is 0 Å². The Balaban J connectivity index is 2.08. The third-order valence-corrected chi connectivity index (χ3v) is 4.56. The summed E-state index contributed by atoms with van der Waals surface area (Å²) >= 11 is 0. The summed E-state index contributed by atoms with van der Waals surface area (Å²) in [6.07, 6.45) is -0.832. The van der Waals surface area contributed by atoms with Crippen molar-refractivity contribution in [1.82, 2.24) is 0 Å². The summed E-state index contributed by atoms with van der Waals surface area (Å²) in [6.45, 7) is 4.36. The van der Waals surface area contributed by atoms with E-state index in [4.69, 9.17) is 0 Å². The number of hydrogen-bond acceptors (Lipinski definition) is 1. The molecule has 2 rings (SSSR count). The Hall–Kier alpha value is -1.32. The Morgan fingerprint density at radius 1 is 1.14 bits per heavy atom. The molecule has 1 saturated carbocycles. The van der Waals surface area contributed by atoms with Crippen molar-refractivity contribution in [2.24, 2.45) is 17.8 Å². The van der Waals surface area contributed by atoms with Crippen LogP contribution >= 0.6 is 0 Å². The van der Waals surface area contributed by atoms with Crippen molar-refractivity contribution >= 4 is 5.78 Å². The molecular formula is C17H21F3O. The second-order valence-corrected chi connectivity index (χ2v) is 6.30. The van der Waals surface area contributed by atoms with E-state index in [2.05, 4.69) is 13.8 Å². The molecule has 116 valence electrons. The van der Waals surface area contributed by atoms with Gasteiger partial charge in [-0.05, 0) is 49.7 Å². The average Bonchev–Trinajstić information content (AvgIpc) is 2.46. The third kappa shape index (κ3) is 3.86. The molecule has 0 N–H and O–H groups in total. The summed E-state index contributed by atoms with van der Waals surface area (Å²) in [4.78, 5) is 12.4. The van der Waals surface area contributed by atoms with Crippen molar-refractivity contribution in [2.75, 3.05) is 0 Å². The van der Waals surface area contributed by atoms with E-state index in [0.29, 0.717) is 11.8 Å². The molecule has 0 aromatic heterocycles. The van der Waals surface area contributed by atoms with Crippen LogP contribution in [0.3, 0.4) is 0 Å². The Bertz CT molecular complexity index is 497. The van der Waals surface area contributed by atoms with Crippen LogP contribution in [0.15, 0.2) is 24.3 Å². The van der Waals surface area contributed by atoms with Crippen LogP contribution in [0.1, 0.15) is 55.5 Å². The highest BCUT2D eigenvalue weighted by Crippen LogP contribution is 2.35. The van der Waals surface area contributed by atoms with Gasteiger partial charge in [0.2, 0.25) is 0 Å². The second kappa shape index (κ2) is 6.20. The number of ketones is 1. The number of benzene rings is 1. The molecule has 0 aliphatic heterocycles. The topological polar surface area (TPSA) is 17.1 Å². The lowest BCUT2D eigenvalue weighted by Gasteiger charge is -2.30. The summed E-state index contributed by atoms with van der Waals surface area (Å²) in [7, 11) is 0. The van der Waals surface area contributed by atoms with E-state index in [1.165, 1.54) is 12.1 Å². The molecule has 1 aromatic rings. The van der Waals surface area contributed by atoms with Crippen LogP contribution in [0.25, 0.3) is 0 Å². The number of Topliss-reactive ketones (excluding diaryl/α,β-unsaturated/α-hetero) is 1. The molecule has 21 heavy (non-hydrogen) atoms. The standard InChI is InChI=1S/C17H21F3O/c1-11(2)12-6-8-13(9-7-12)16(21)14-4-3-5-15(10-14)17(18,19)20/h3-5,10-13H,6-9H2,1-2H3. The van der Waals surface area contributed by atoms with E-state index in [1.54, 1.807) is 0 Å². The number of hydrogen-bond donors (Lipinski definition) is 0. The molecule has 0 amide bonds. The lowest BCUT2D eigenvalue weighted by Crippen LogP contribution is -2.24. The van der Waals surface area contributed by atoms with Gasteiger partial charge in [0.25, 0.3) is 0 Å². The normalized spacial score (nSPS) is 23.3. The maximum absolute atomic E-state index is 12.7. The molecule has 4 heteroatoms. The van der Waals surface area contributed by atoms with Crippen LogP contribution in [0.2, 0.25) is 0 Å². The summed E-state index contributed by atoms with van der Waals surface area (Å²) in [6, 6.07) is 4.80. The van der Waals surface area contributed by atoms with Crippen molar-refractivity contribution in [3.8, 4) is 0 Å². The smallest absolute Gasteiger partial charge is 0.294 e. The molecule has 0 heterocycles. The summed E-state index contributed by atoms with van der Waals surface area (Å²) < 4.78 is 38.1. The van der Waals surface area contributed by atoms with Gasteiger partial charge in [-0.1, -0.05) is 26.0 Å². The van der Waals surface area contributed by atoms with Crippen molar-refractivity contribution < 1.29 is 18.0 Å². The van der Waals surface area contributed by atoms with Gasteiger partial charge in [0.05, 0.1) is 5.56 Å². The minimum atomic E-state index is -4.40. The molecule has 1 fully saturated rings. The van der Waals surface area contributed by atoms with E-state index in [9.17, 15) is 18.0 Å². The number of carbonyl (C=O) groups excluding carboxylic acids is 1. The molecule has 1 aromatic carbocycles. The molecule has 0 bridgehead atoms. The average molecular weight is 298 g/mol. The Morgan fingerprint density at radius 3 is 2.29 bits per heavy atom. The fraction of sp³-hybridized carbons (Fsp3) is 0.588. The number of halogens is 3.